The predicted octanol–water partition coefficient (Wildman–Crippen LogP) is 13.0. The Morgan fingerprint density at radius 2 is 1.04 bits per heavy atom. The van der Waals surface area contributed by atoms with Gasteiger partial charge in [-0.3, -0.25) is 33.6 Å². The maximum absolute atomic E-state index is 15.1. The number of nitrogens with zero attached hydrogens (tertiary/aromatic N) is 1. The lowest BCUT2D eigenvalue weighted by molar-refractivity contribution is -0.125. The summed E-state index contributed by atoms with van der Waals surface area (Å²) in [5, 5.41) is 18.5. The minimum Gasteiger partial charge on any atom is -0.492 e. The van der Waals surface area contributed by atoms with Crippen LogP contribution in [0.3, 0.4) is 0 Å². The number of carbonyl (C=O) groups excluding carboxylic acids is 7. The topological polar surface area (TPSA) is 253 Å². The predicted molar refractivity (Wildman–Crippen MR) is 439 cm³/mol. The lowest BCUT2D eigenvalue weighted by Gasteiger charge is -2.21. The number of ether oxygens (including phenoxy) is 3. The van der Waals surface area contributed by atoms with Crippen molar-refractivity contribution in [1.82, 2.24) is 26.6 Å². The van der Waals surface area contributed by atoms with Crippen LogP contribution in [0, 0.1) is 5.92 Å². The van der Waals surface area contributed by atoms with Crippen LogP contribution in [-0.4, -0.2) is 170 Å². The van der Waals surface area contributed by atoms with Gasteiger partial charge in [-0.05, 0) is 117 Å². The molecular formula is C82H105N7O12S5. The summed E-state index contributed by atoms with van der Waals surface area (Å²) in [4.78, 5) is 110. The second-order valence-electron chi connectivity index (χ2n) is 25.3. The number of hydrogen-bond donors (Lipinski definition) is 6. The molecule has 0 aliphatic heterocycles. The standard InChI is InChI=1S/C82H105N7O12S5/c1-4-40-98-41-22-42-102-44-38-87-80(95)65(29-19-20-35-86-81(96)73-53-64-33-34-68(89(5-2)6-3)55-75(64)101-82(73)97)54-74(90)66-51-69(99-57-71(105-43-21-32-76(91)88-67-30-17-10-18-31-67)59-103-45-36-83-77(92)48-61-23-11-7-12-24-61)56-70(52-66)100-58-72(106-47-39-85-79(94)50-63-27-15-9-16-28-63)60-104-46-37-84-78(93)49-62-25-13-8-14-26-62/h7-18,23-28,30-31,33-34,51-53,55-56,65,71-72H,4-6,19-22,29,32,35-50,54,57-60H2,1-3H3,(H,83,92)(H,84,93)(H,85,94)(H,86,96)(H,87,95)(H,88,91). The average Bonchev–Trinajstić information content (AvgIpc) is 0.803. The molecule has 3 unspecified atom stereocenters. The first-order chi connectivity index (χ1) is 51.7. The Morgan fingerprint density at radius 1 is 0.500 bits per heavy atom. The van der Waals surface area contributed by atoms with Gasteiger partial charge in [0.15, 0.2) is 5.78 Å². The molecule has 0 spiro atoms. The summed E-state index contributed by atoms with van der Waals surface area (Å²) in [6, 6.07) is 50.5. The van der Waals surface area contributed by atoms with Gasteiger partial charge in [0.05, 0.1) is 19.3 Å². The summed E-state index contributed by atoms with van der Waals surface area (Å²) < 4.78 is 24.8. The van der Waals surface area contributed by atoms with Gasteiger partial charge < -0.3 is 55.4 Å². The maximum Gasteiger partial charge on any atom is 0.349 e. The van der Waals surface area contributed by atoms with Crippen molar-refractivity contribution >= 4 is 122 Å². The third-order valence-corrected chi connectivity index (χ3v) is 23.1. The van der Waals surface area contributed by atoms with E-state index in [4.69, 9.17) is 18.6 Å². The van der Waals surface area contributed by atoms with Gasteiger partial charge in [-0.2, -0.15) is 58.8 Å². The zero-order chi connectivity index (χ0) is 75.2. The van der Waals surface area contributed by atoms with Crippen molar-refractivity contribution in [2.45, 2.75) is 102 Å². The van der Waals surface area contributed by atoms with Gasteiger partial charge in [0, 0.05) is 157 Å². The van der Waals surface area contributed by atoms with Crippen LogP contribution in [0.5, 0.6) is 11.5 Å². The molecule has 0 aliphatic rings. The first-order valence-corrected chi connectivity index (χ1v) is 42.4. The Morgan fingerprint density at radius 3 is 1.60 bits per heavy atom. The molecule has 0 radical (unpaired) electrons. The van der Waals surface area contributed by atoms with Gasteiger partial charge in [-0.25, -0.2) is 4.79 Å². The number of carbonyl (C=O) groups is 7. The Hall–Kier alpha value is -7.87. The van der Waals surface area contributed by atoms with E-state index in [1.54, 1.807) is 83.1 Å². The van der Waals surface area contributed by atoms with Gasteiger partial charge in [-0.15, -0.1) is 0 Å². The van der Waals surface area contributed by atoms with Crippen molar-refractivity contribution in [3.8, 4) is 11.5 Å². The summed E-state index contributed by atoms with van der Waals surface area (Å²) in [5.41, 5.74) is 4.26. The molecular weight excluding hydrogens is 1440 g/mol. The number of benzene rings is 6. The molecule has 7 rings (SSSR count). The molecule has 0 saturated carbocycles. The molecule has 1 heterocycles. The van der Waals surface area contributed by atoms with Crippen molar-refractivity contribution in [3.63, 3.8) is 0 Å². The molecule has 570 valence electrons. The molecule has 6 aromatic carbocycles. The minimum atomic E-state index is -0.747. The molecule has 3 atom stereocenters. The summed E-state index contributed by atoms with van der Waals surface area (Å²) in [6.45, 7) is 11.5. The third-order valence-electron chi connectivity index (χ3n) is 16.8. The highest BCUT2D eigenvalue weighted by Gasteiger charge is 2.25. The number of unbranched alkanes of at least 4 members (excludes halogenated alkanes) is 1. The zero-order valence-electron chi connectivity index (χ0n) is 61.4. The number of para-hydroxylation sites is 1. The van der Waals surface area contributed by atoms with Crippen LogP contribution in [0.4, 0.5) is 11.4 Å². The smallest absolute Gasteiger partial charge is 0.349 e. The number of rotatable bonds is 54. The van der Waals surface area contributed by atoms with Crippen LogP contribution in [-0.2, 0) is 48.0 Å². The van der Waals surface area contributed by atoms with Crippen LogP contribution in [0.25, 0.3) is 11.0 Å². The van der Waals surface area contributed by atoms with E-state index in [1.807, 2.05) is 153 Å². The molecule has 0 saturated heterocycles. The number of ketones is 1. The van der Waals surface area contributed by atoms with Crippen LogP contribution in [0.1, 0.15) is 110 Å². The number of nitrogens with one attached hydrogen (secondary N) is 6. The van der Waals surface area contributed by atoms with E-state index >= 15 is 4.79 Å². The molecule has 6 amide bonds. The van der Waals surface area contributed by atoms with Crippen LogP contribution in [0.2, 0.25) is 0 Å². The van der Waals surface area contributed by atoms with Crippen molar-refractivity contribution in [1.29, 1.82) is 0 Å². The molecule has 106 heavy (non-hydrogen) atoms. The summed E-state index contributed by atoms with van der Waals surface area (Å²) in [6.07, 6.45) is 4.72. The SMILES string of the molecule is CCCOCCCSCCNC(=O)C(CCCCNC(=O)c1cc2ccc(N(CC)CC)cc2oc1=O)CC(=O)c1cc(OCC(CSCCNC(=O)Cc2ccccc2)SCCCC(=O)Nc2ccccc2)cc(OCC(CSCCNC(=O)Cc2ccccc2)SCCNC(=O)Cc2ccccc2)c1. The lowest BCUT2D eigenvalue weighted by atomic mass is 9.92. The molecule has 24 heteroatoms. The lowest BCUT2D eigenvalue weighted by Crippen LogP contribution is -2.34. The molecule has 0 bridgehead atoms. The minimum absolute atomic E-state index is 0.0589. The van der Waals surface area contributed by atoms with Gasteiger partial charge in [0.25, 0.3) is 5.91 Å². The third kappa shape index (κ3) is 33.9. The van der Waals surface area contributed by atoms with Crippen LogP contribution >= 0.6 is 58.8 Å². The highest BCUT2D eigenvalue weighted by Crippen LogP contribution is 2.30. The normalized spacial score (nSPS) is 12.0. The molecule has 7 aromatic rings. The van der Waals surface area contributed by atoms with Crippen molar-refractivity contribution in [2.24, 2.45) is 5.92 Å². The molecule has 19 nitrogen and oxygen atoms in total. The summed E-state index contributed by atoms with van der Waals surface area (Å²) >= 11 is 8.43. The van der Waals surface area contributed by atoms with Gasteiger partial charge in [-0.1, -0.05) is 123 Å². The number of thioether (sulfide) groups is 5. The quantitative estimate of drug-likeness (QED) is 0.0118. The van der Waals surface area contributed by atoms with Gasteiger partial charge >= 0.3 is 5.63 Å². The Labute approximate surface area is 646 Å². The van der Waals surface area contributed by atoms with E-state index in [0.717, 1.165) is 66.4 Å². The second-order valence-corrected chi connectivity index (χ2v) is 31.6. The van der Waals surface area contributed by atoms with E-state index in [1.165, 1.54) is 0 Å². The number of hydrogen-bond acceptors (Lipinski definition) is 18. The average molecular weight is 1540 g/mol. The van der Waals surface area contributed by atoms with E-state index in [2.05, 4.69) is 43.7 Å². The summed E-state index contributed by atoms with van der Waals surface area (Å²) in [7, 11) is 0. The fourth-order valence-electron chi connectivity index (χ4n) is 11.2. The van der Waals surface area contributed by atoms with Crippen molar-refractivity contribution in [2.75, 3.05) is 128 Å². The number of Topliss-reactive ketones (excluding diaryl/α,β-unsaturated/α-hetero) is 1. The van der Waals surface area contributed by atoms with Crippen molar-refractivity contribution in [3.05, 3.63) is 202 Å². The fraction of sp³-hybridized carbons (Fsp3) is 0.439. The maximum atomic E-state index is 15.1. The van der Waals surface area contributed by atoms with E-state index in [9.17, 15) is 33.6 Å². The van der Waals surface area contributed by atoms with E-state index in [0.29, 0.717) is 128 Å². The molecule has 1 aromatic heterocycles. The first kappa shape index (κ1) is 85.4. The van der Waals surface area contributed by atoms with E-state index in [-0.39, 0.29) is 102 Å². The Balaban J connectivity index is 1.08. The largest absolute Gasteiger partial charge is 0.492 e. The first-order valence-electron chi connectivity index (χ1n) is 36.9. The van der Waals surface area contributed by atoms with Gasteiger partial charge in [0.1, 0.15) is 35.9 Å². The Bertz CT molecular complexity index is 3670. The number of amides is 6. The monoisotopic (exact) mass is 1540 g/mol. The zero-order valence-corrected chi connectivity index (χ0v) is 65.5. The number of anilines is 2. The Kier molecular flexibility index (Phi) is 40.8. The molecule has 6 N–H and O–H groups in total. The summed E-state index contributed by atoms with van der Waals surface area (Å²) in [5.74, 6) is 4.00. The van der Waals surface area contributed by atoms with E-state index < -0.39 is 17.5 Å². The van der Waals surface area contributed by atoms with Crippen LogP contribution < -0.4 is 51.9 Å². The molecule has 0 aliphatic carbocycles. The van der Waals surface area contributed by atoms with Crippen molar-refractivity contribution < 1.29 is 52.2 Å². The van der Waals surface area contributed by atoms with Crippen LogP contribution in [0.15, 0.2) is 173 Å². The number of fused-ring (bicyclic) bond motifs is 1. The van der Waals surface area contributed by atoms with Gasteiger partial charge in [0.2, 0.25) is 29.5 Å². The second kappa shape index (κ2) is 50.6. The highest BCUT2D eigenvalue weighted by atomic mass is 32.2. The highest BCUT2D eigenvalue weighted by molar-refractivity contribution is 8.03. The fourth-order valence-corrected chi connectivity index (χ4v) is 16.4. The molecule has 0 fully saturated rings.